The largest absolute Gasteiger partial charge is 0.492 e. The highest BCUT2D eigenvalue weighted by molar-refractivity contribution is 7.17. The van der Waals surface area contributed by atoms with Gasteiger partial charge in [0.25, 0.3) is 0 Å². The number of hydrogen-bond donors (Lipinski definition) is 2. The Labute approximate surface area is 148 Å². The van der Waals surface area contributed by atoms with Crippen LogP contribution in [-0.2, 0) is 6.42 Å². The van der Waals surface area contributed by atoms with Crippen molar-refractivity contribution in [3.63, 3.8) is 0 Å². The van der Waals surface area contributed by atoms with Crippen LogP contribution < -0.4 is 0 Å². The molecule has 0 saturated carbocycles. The van der Waals surface area contributed by atoms with Gasteiger partial charge in [0.15, 0.2) is 5.82 Å². The van der Waals surface area contributed by atoms with E-state index in [2.05, 4.69) is 26.4 Å². The molecule has 3 aromatic heterocycles. The van der Waals surface area contributed by atoms with Crippen molar-refractivity contribution in [1.29, 1.82) is 0 Å². The summed E-state index contributed by atoms with van der Waals surface area (Å²) in [6.45, 7) is 3.64. The number of thiazole rings is 1. The van der Waals surface area contributed by atoms with Gasteiger partial charge in [-0.2, -0.15) is 4.52 Å². The summed E-state index contributed by atoms with van der Waals surface area (Å²) in [4.78, 5) is 9.64. The summed E-state index contributed by atoms with van der Waals surface area (Å²) in [5, 5.41) is 27.0. The zero-order valence-corrected chi connectivity index (χ0v) is 15.1. The molecule has 1 aliphatic heterocycles. The fourth-order valence-electron chi connectivity index (χ4n) is 3.18. The molecule has 0 amide bonds. The third-order valence-electron chi connectivity index (χ3n) is 4.49. The minimum absolute atomic E-state index is 0.00363. The lowest BCUT2D eigenvalue weighted by Gasteiger charge is -2.35. The van der Waals surface area contributed by atoms with E-state index in [4.69, 9.17) is 0 Å². The second kappa shape index (κ2) is 6.44. The molecule has 0 aromatic carbocycles. The molecule has 2 N–H and O–H groups in total. The van der Waals surface area contributed by atoms with Gasteiger partial charge in [-0.3, -0.25) is 4.90 Å². The van der Waals surface area contributed by atoms with Gasteiger partial charge in [0, 0.05) is 24.4 Å². The maximum Gasteiger partial charge on any atom is 0.230 e. The molecule has 4 heterocycles. The smallest absolute Gasteiger partial charge is 0.230 e. The van der Waals surface area contributed by atoms with Gasteiger partial charge < -0.3 is 10.2 Å². The number of hydrogen-bond acceptors (Lipinski definition) is 7. The van der Waals surface area contributed by atoms with Crippen LogP contribution in [0.15, 0.2) is 17.5 Å². The molecule has 0 radical (unpaired) electrons. The molecule has 8 heteroatoms. The summed E-state index contributed by atoms with van der Waals surface area (Å²) >= 11 is 3.19. The van der Waals surface area contributed by atoms with Gasteiger partial charge in [-0.25, -0.2) is 4.98 Å². The fraction of sp³-hybridized carbons (Fsp3) is 0.500. The lowest BCUT2D eigenvalue weighted by Crippen LogP contribution is -2.38. The molecule has 0 spiro atoms. The highest BCUT2D eigenvalue weighted by Crippen LogP contribution is 2.42. The monoisotopic (exact) mass is 364 g/mol. The van der Waals surface area contributed by atoms with E-state index in [1.807, 2.05) is 13.0 Å². The maximum atomic E-state index is 10.7. The van der Waals surface area contributed by atoms with Crippen LogP contribution in [0.5, 0.6) is 5.88 Å². The first-order chi connectivity index (χ1) is 11.7. The first-order valence-corrected chi connectivity index (χ1v) is 9.89. The van der Waals surface area contributed by atoms with Crippen molar-refractivity contribution in [1.82, 2.24) is 19.5 Å². The van der Waals surface area contributed by atoms with Gasteiger partial charge in [0.2, 0.25) is 10.8 Å². The molecule has 0 aliphatic carbocycles. The van der Waals surface area contributed by atoms with Crippen molar-refractivity contribution < 1.29 is 10.2 Å². The van der Waals surface area contributed by atoms with Gasteiger partial charge in [0.05, 0.1) is 17.0 Å². The Balaban J connectivity index is 1.76. The SMILES string of the molecule is CCc1nc2sc([C@H](c3cccs3)N3CCC(O)CC3)c(O)n2n1. The number of likely N-dealkylation sites (tertiary alicyclic amines) is 1. The second-order valence-electron chi connectivity index (χ2n) is 6.05. The minimum atomic E-state index is -0.215. The molecule has 3 aromatic rings. The molecular weight excluding hydrogens is 344 g/mol. The molecule has 1 aliphatic rings. The molecule has 4 rings (SSSR count). The van der Waals surface area contributed by atoms with Crippen molar-refractivity contribution >= 4 is 27.6 Å². The number of rotatable bonds is 4. The quantitative estimate of drug-likeness (QED) is 0.744. The number of nitrogens with zero attached hydrogens (tertiary/aromatic N) is 4. The Morgan fingerprint density at radius 1 is 1.38 bits per heavy atom. The lowest BCUT2D eigenvalue weighted by molar-refractivity contribution is 0.0696. The first kappa shape index (κ1) is 16.0. The lowest BCUT2D eigenvalue weighted by atomic mass is 10.0. The Morgan fingerprint density at radius 2 is 2.17 bits per heavy atom. The van der Waals surface area contributed by atoms with E-state index < -0.39 is 0 Å². The van der Waals surface area contributed by atoms with Gasteiger partial charge in [-0.1, -0.05) is 24.3 Å². The van der Waals surface area contributed by atoms with Crippen molar-refractivity contribution in [3.05, 3.63) is 33.1 Å². The van der Waals surface area contributed by atoms with Crippen LogP contribution >= 0.6 is 22.7 Å². The summed E-state index contributed by atoms with van der Waals surface area (Å²) in [6, 6.07) is 4.14. The molecular formula is C16H20N4O2S2. The predicted molar refractivity (Wildman–Crippen MR) is 94.9 cm³/mol. The van der Waals surface area contributed by atoms with Crippen LogP contribution in [0.25, 0.3) is 4.96 Å². The molecule has 6 nitrogen and oxygen atoms in total. The molecule has 1 atom stereocenters. The van der Waals surface area contributed by atoms with Crippen molar-refractivity contribution in [2.45, 2.75) is 38.3 Å². The molecule has 24 heavy (non-hydrogen) atoms. The zero-order valence-electron chi connectivity index (χ0n) is 13.4. The van der Waals surface area contributed by atoms with E-state index >= 15 is 0 Å². The molecule has 0 unspecified atom stereocenters. The Kier molecular flexibility index (Phi) is 4.29. The van der Waals surface area contributed by atoms with Crippen LogP contribution in [0, 0.1) is 0 Å². The molecule has 1 saturated heterocycles. The standard InChI is InChI=1S/C16H20N4O2S2/c1-2-12-17-16-20(18-12)15(22)14(24-16)13(11-4-3-9-23-11)19-7-5-10(21)6-8-19/h3-4,9-10,13,21-22H,2,5-8H2,1H3/t13-/m0/s1. The Hall–Kier alpha value is -1.48. The van der Waals surface area contributed by atoms with E-state index in [1.165, 1.54) is 16.2 Å². The summed E-state index contributed by atoms with van der Waals surface area (Å²) in [5.41, 5.74) is 0. The number of aromatic nitrogens is 3. The average Bonchev–Trinajstić information content (AvgIpc) is 3.29. The number of aliphatic hydroxyl groups excluding tert-OH is 1. The van der Waals surface area contributed by atoms with E-state index in [1.54, 1.807) is 15.9 Å². The fourth-order valence-corrected chi connectivity index (χ4v) is 5.25. The van der Waals surface area contributed by atoms with Gasteiger partial charge in [-0.15, -0.1) is 16.4 Å². The number of aryl methyl sites for hydroxylation is 1. The van der Waals surface area contributed by atoms with E-state index in [-0.39, 0.29) is 18.0 Å². The van der Waals surface area contributed by atoms with Crippen LogP contribution in [-0.4, -0.2) is 48.9 Å². The van der Waals surface area contributed by atoms with Crippen LogP contribution in [0.1, 0.15) is 41.4 Å². The molecule has 128 valence electrons. The maximum absolute atomic E-state index is 10.7. The second-order valence-corrected chi connectivity index (χ2v) is 8.04. The van der Waals surface area contributed by atoms with Crippen LogP contribution in [0.3, 0.4) is 0 Å². The number of aliphatic hydroxyl groups is 1. The molecule has 0 bridgehead atoms. The highest BCUT2D eigenvalue weighted by atomic mass is 32.1. The highest BCUT2D eigenvalue weighted by Gasteiger charge is 2.32. The number of thiophene rings is 1. The van der Waals surface area contributed by atoms with Gasteiger partial charge >= 0.3 is 0 Å². The molecule has 1 fully saturated rings. The van der Waals surface area contributed by atoms with Crippen molar-refractivity contribution in [2.24, 2.45) is 0 Å². The van der Waals surface area contributed by atoms with Crippen LogP contribution in [0.2, 0.25) is 0 Å². The van der Waals surface area contributed by atoms with E-state index in [9.17, 15) is 10.2 Å². The number of aromatic hydroxyl groups is 1. The zero-order chi connectivity index (χ0) is 16.7. The summed E-state index contributed by atoms with van der Waals surface area (Å²) in [5.74, 6) is 0.934. The summed E-state index contributed by atoms with van der Waals surface area (Å²) in [6.07, 6.45) is 2.07. The number of piperidine rings is 1. The minimum Gasteiger partial charge on any atom is -0.492 e. The third kappa shape index (κ3) is 2.73. The van der Waals surface area contributed by atoms with Crippen LogP contribution in [0.4, 0.5) is 0 Å². The van der Waals surface area contributed by atoms with Gasteiger partial charge in [-0.05, 0) is 24.3 Å². The Bertz CT molecular complexity index is 819. The van der Waals surface area contributed by atoms with E-state index in [0.717, 1.165) is 48.0 Å². The first-order valence-electron chi connectivity index (χ1n) is 8.20. The van der Waals surface area contributed by atoms with E-state index in [0.29, 0.717) is 0 Å². The third-order valence-corrected chi connectivity index (χ3v) is 6.48. The summed E-state index contributed by atoms with van der Waals surface area (Å²) < 4.78 is 1.55. The normalized spacial score (nSPS) is 18.4. The van der Waals surface area contributed by atoms with Gasteiger partial charge in [0.1, 0.15) is 0 Å². The van der Waals surface area contributed by atoms with Crippen molar-refractivity contribution in [3.8, 4) is 5.88 Å². The number of fused-ring (bicyclic) bond motifs is 1. The topological polar surface area (TPSA) is 73.9 Å². The van der Waals surface area contributed by atoms with Crippen molar-refractivity contribution in [2.75, 3.05) is 13.1 Å². The average molecular weight is 364 g/mol. The Morgan fingerprint density at radius 3 is 2.79 bits per heavy atom. The predicted octanol–water partition coefficient (Wildman–Crippen LogP) is 2.67. The summed E-state index contributed by atoms with van der Waals surface area (Å²) in [7, 11) is 0.